The second-order valence-corrected chi connectivity index (χ2v) is 7.84. The molecule has 0 aromatic rings. The molecule has 0 radical (unpaired) electrons. The van der Waals surface area contributed by atoms with Gasteiger partial charge in [0.25, 0.3) is 0 Å². The third-order valence-electron chi connectivity index (χ3n) is 5.83. The number of carbonyl (C=O) groups excluding carboxylic acids is 1. The molecule has 4 heteroatoms. The van der Waals surface area contributed by atoms with Crippen molar-refractivity contribution in [2.24, 2.45) is 23.1 Å². The van der Waals surface area contributed by atoms with Gasteiger partial charge in [-0.25, -0.2) is 0 Å². The summed E-state index contributed by atoms with van der Waals surface area (Å²) in [4.78, 5) is 12.1. The molecule has 0 aromatic carbocycles. The zero-order valence-corrected chi connectivity index (χ0v) is 17.3. The van der Waals surface area contributed by atoms with E-state index in [-0.39, 0.29) is 5.92 Å². The first-order valence-electron chi connectivity index (χ1n) is 10.7. The first kappa shape index (κ1) is 22.8. The maximum Gasteiger partial charge on any atom is 0.144 e. The minimum absolute atomic E-state index is 0.118. The van der Waals surface area contributed by atoms with Crippen molar-refractivity contribution in [2.45, 2.75) is 103 Å². The minimum Gasteiger partial charge on any atom is -0.401 e. The number of nitrogens with two attached hydrogens (primary N) is 3. The third-order valence-corrected chi connectivity index (χ3v) is 5.83. The van der Waals surface area contributed by atoms with Gasteiger partial charge in [-0.2, -0.15) is 0 Å². The number of rotatable bonds is 13. The van der Waals surface area contributed by atoms with Gasteiger partial charge in [-0.15, -0.1) is 0 Å². The molecule has 0 saturated carbocycles. The lowest BCUT2D eigenvalue weighted by atomic mass is 9.67. The highest BCUT2D eigenvalue weighted by molar-refractivity contribution is 5.74. The van der Waals surface area contributed by atoms with Crippen LogP contribution < -0.4 is 17.2 Å². The highest BCUT2D eigenvalue weighted by Gasteiger charge is 2.44. The van der Waals surface area contributed by atoms with Crippen LogP contribution in [0, 0.1) is 5.92 Å². The molecule has 0 bridgehead atoms. The Morgan fingerprint density at radius 1 is 0.885 bits per heavy atom. The standard InChI is InChI=1S/C22H41N3O/c1-4-7-10-13-17-20(23)18(14-11-8-5-2)22(25,16-26)19(21(17)24)15-12-9-6-3/h16,18H,4-15,23-25H2,1-3H3. The van der Waals surface area contributed by atoms with Crippen LogP contribution in [0.15, 0.2) is 22.5 Å². The highest BCUT2D eigenvalue weighted by atomic mass is 16.1. The summed E-state index contributed by atoms with van der Waals surface area (Å²) < 4.78 is 0. The molecule has 26 heavy (non-hydrogen) atoms. The van der Waals surface area contributed by atoms with Gasteiger partial charge in [0.1, 0.15) is 11.8 Å². The van der Waals surface area contributed by atoms with Crippen molar-refractivity contribution in [3.05, 3.63) is 22.5 Å². The van der Waals surface area contributed by atoms with Gasteiger partial charge in [-0.1, -0.05) is 65.7 Å². The van der Waals surface area contributed by atoms with E-state index in [1.807, 2.05) is 0 Å². The summed E-state index contributed by atoms with van der Waals surface area (Å²) in [7, 11) is 0. The molecule has 0 aliphatic heterocycles. The van der Waals surface area contributed by atoms with Crippen molar-refractivity contribution >= 4 is 6.29 Å². The fourth-order valence-corrected chi connectivity index (χ4v) is 4.13. The molecular formula is C22H41N3O. The van der Waals surface area contributed by atoms with Crippen LogP contribution in [0.4, 0.5) is 0 Å². The predicted octanol–water partition coefficient (Wildman–Crippen LogP) is 4.68. The number of carbonyl (C=O) groups is 1. The van der Waals surface area contributed by atoms with Crippen LogP contribution in [0.25, 0.3) is 0 Å². The van der Waals surface area contributed by atoms with E-state index < -0.39 is 5.54 Å². The molecular weight excluding hydrogens is 322 g/mol. The Kier molecular flexibility index (Phi) is 10.0. The number of unbranched alkanes of at least 4 members (excludes halogenated alkanes) is 6. The lowest BCUT2D eigenvalue weighted by Crippen LogP contribution is -2.55. The first-order chi connectivity index (χ1) is 12.5. The summed E-state index contributed by atoms with van der Waals surface area (Å²) in [5.41, 5.74) is 22.2. The van der Waals surface area contributed by atoms with Crippen molar-refractivity contribution in [3.8, 4) is 0 Å². The van der Waals surface area contributed by atoms with Gasteiger partial charge in [0.15, 0.2) is 0 Å². The van der Waals surface area contributed by atoms with Crippen LogP contribution in [0.5, 0.6) is 0 Å². The lowest BCUT2D eigenvalue weighted by Gasteiger charge is -2.41. The molecule has 0 heterocycles. The summed E-state index contributed by atoms with van der Waals surface area (Å²) >= 11 is 0. The highest BCUT2D eigenvalue weighted by Crippen LogP contribution is 2.42. The van der Waals surface area contributed by atoms with Crippen LogP contribution in [0.2, 0.25) is 0 Å². The average molecular weight is 364 g/mol. The Morgan fingerprint density at radius 3 is 1.96 bits per heavy atom. The maximum absolute atomic E-state index is 12.1. The second-order valence-electron chi connectivity index (χ2n) is 7.84. The van der Waals surface area contributed by atoms with Gasteiger partial charge in [-0.05, 0) is 43.3 Å². The molecule has 0 spiro atoms. The van der Waals surface area contributed by atoms with Crippen LogP contribution >= 0.6 is 0 Å². The molecule has 2 unspecified atom stereocenters. The topological polar surface area (TPSA) is 95.1 Å². The van der Waals surface area contributed by atoms with Crippen molar-refractivity contribution in [2.75, 3.05) is 0 Å². The first-order valence-corrected chi connectivity index (χ1v) is 10.7. The van der Waals surface area contributed by atoms with Crippen LogP contribution in [-0.2, 0) is 4.79 Å². The molecule has 6 N–H and O–H groups in total. The predicted molar refractivity (Wildman–Crippen MR) is 111 cm³/mol. The van der Waals surface area contributed by atoms with E-state index in [9.17, 15) is 4.79 Å². The second kappa shape index (κ2) is 11.4. The number of aldehydes is 1. The summed E-state index contributed by atoms with van der Waals surface area (Å²) in [6.07, 6.45) is 13.4. The van der Waals surface area contributed by atoms with Gasteiger partial charge >= 0.3 is 0 Å². The molecule has 2 atom stereocenters. The molecule has 0 amide bonds. The van der Waals surface area contributed by atoms with Crippen LogP contribution in [-0.4, -0.2) is 11.8 Å². The van der Waals surface area contributed by atoms with Gasteiger partial charge in [-0.3, -0.25) is 0 Å². The molecule has 0 fully saturated rings. The van der Waals surface area contributed by atoms with Gasteiger partial charge < -0.3 is 22.0 Å². The van der Waals surface area contributed by atoms with E-state index >= 15 is 0 Å². The molecule has 0 saturated heterocycles. The van der Waals surface area contributed by atoms with E-state index in [0.717, 1.165) is 100 Å². The summed E-state index contributed by atoms with van der Waals surface area (Å²) in [5, 5.41) is 0. The zero-order chi connectivity index (χ0) is 19.6. The zero-order valence-electron chi connectivity index (χ0n) is 17.3. The summed E-state index contributed by atoms with van der Waals surface area (Å²) in [6, 6.07) is 0. The molecule has 150 valence electrons. The molecule has 0 aromatic heterocycles. The normalized spacial score (nSPS) is 23.6. The van der Waals surface area contributed by atoms with Crippen molar-refractivity contribution < 1.29 is 4.79 Å². The molecule has 1 aliphatic carbocycles. The molecule has 1 rings (SSSR count). The number of allylic oxidation sites excluding steroid dienone is 1. The van der Waals surface area contributed by atoms with Gasteiger partial charge in [0.05, 0.1) is 0 Å². The largest absolute Gasteiger partial charge is 0.401 e. The molecule has 1 aliphatic rings. The smallest absolute Gasteiger partial charge is 0.144 e. The Hall–Kier alpha value is -1.29. The number of hydrogen-bond acceptors (Lipinski definition) is 4. The SMILES string of the molecule is CCCCCC1=C(N)C(CCCCC)C(N)(C=O)C(CCCCC)=C1N. The number of hydrogen-bond donors (Lipinski definition) is 3. The Balaban J connectivity index is 3.22. The van der Waals surface area contributed by atoms with Crippen molar-refractivity contribution in [1.82, 2.24) is 0 Å². The quantitative estimate of drug-likeness (QED) is 0.327. The Bertz CT molecular complexity index is 510. The van der Waals surface area contributed by atoms with E-state index in [1.54, 1.807) is 0 Å². The van der Waals surface area contributed by atoms with Crippen molar-refractivity contribution in [1.29, 1.82) is 0 Å². The monoisotopic (exact) mass is 363 g/mol. The van der Waals surface area contributed by atoms with E-state index in [1.165, 1.54) is 0 Å². The fourth-order valence-electron chi connectivity index (χ4n) is 4.13. The Labute approximate surface area is 160 Å². The fraction of sp³-hybridized carbons (Fsp3) is 0.773. The van der Waals surface area contributed by atoms with Crippen LogP contribution in [0.1, 0.15) is 97.8 Å². The maximum atomic E-state index is 12.1. The average Bonchev–Trinajstić information content (AvgIpc) is 2.63. The third kappa shape index (κ3) is 5.35. The minimum atomic E-state index is -1.04. The summed E-state index contributed by atoms with van der Waals surface area (Å²) in [6.45, 7) is 6.55. The van der Waals surface area contributed by atoms with E-state index in [2.05, 4.69) is 20.8 Å². The molecule has 4 nitrogen and oxygen atoms in total. The Morgan fingerprint density at radius 2 is 1.42 bits per heavy atom. The van der Waals surface area contributed by atoms with E-state index in [0.29, 0.717) is 5.70 Å². The van der Waals surface area contributed by atoms with E-state index in [4.69, 9.17) is 17.2 Å². The van der Waals surface area contributed by atoms with Gasteiger partial charge in [0, 0.05) is 17.3 Å². The van der Waals surface area contributed by atoms with Crippen LogP contribution in [0.3, 0.4) is 0 Å². The lowest BCUT2D eigenvalue weighted by molar-refractivity contribution is -0.112. The van der Waals surface area contributed by atoms with Gasteiger partial charge in [0.2, 0.25) is 0 Å². The summed E-state index contributed by atoms with van der Waals surface area (Å²) in [5.74, 6) is -0.118. The van der Waals surface area contributed by atoms with Crippen molar-refractivity contribution in [3.63, 3.8) is 0 Å².